The molecule has 1 aliphatic rings. The number of hydrogen-bond acceptors (Lipinski definition) is 3. The van der Waals surface area contributed by atoms with E-state index >= 15 is 0 Å². The summed E-state index contributed by atoms with van der Waals surface area (Å²) < 4.78 is 37.4. The van der Waals surface area contributed by atoms with E-state index in [1.807, 2.05) is 0 Å². The maximum absolute atomic E-state index is 13.2. The molecule has 0 heterocycles. The first-order chi connectivity index (χ1) is 12.4. The zero-order valence-corrected chi connectivity index (χ0v) is 15.0. The van der Waals surface area contributed by atoms with Gasteiger partial charge in [0.1, 0.15) is 35.5 Å². The number of carbonyl (C=O) groups is 1. The van der Waals surface area contributed by atoms with Crippen molar-refractivity contribution in [3.05, 3.63) is 52.0 Å². The van der Waals surface area contributed by atoms with Crippen LogP contribution in [0.2, 0.25) is 10.0 Å². The molecule has 0 atom stereocenters. The zero-order chi connectivity index (χ0) is 18.7. The number of ether oxygens (including phenoxy) is 2. The normalized spacial score (nSPS) is 13.4. The predicted octanol–water partition coefficient (Wildman–Crippen LogP) is 4.97. The molecule has 138 valence electrons. The van der Waals surface area contributed by atoms with Gasteiger partial charge in [-0.25, -0.2) is 8.78 Å². The quantitative estimate of drug-likeness (QED) is 0.666. The van der Waals surface area contributed by atoms with Crippen LogP contribution < -0.4 is 14.8 Å². The molecule has 0 spiro atoms. The Labute approximate surface area is 159 Å². The molecule has 0 aliphatic heterocycles. The molecule has 8 heteroatoms. The Morgan fingerprint density at radius 1 is 1.04 bits per heavy atom. The summed E-state index contributed by atoms with van der Waals surface area (Å²) in [6.07, 6.45) is 1.87. The second kappa shape index (κ2) is 8.10. The van der Waals surface area contributed by atoms with Crippen molar-refractivity contribution in [2.45, 2.75) is 12.8 Å². The lowest BCUT2D eigenvalue weighted by Gasteiger charge is -2.13. The minimum Gasteiger partial charge on any atom is -0.490 e. The lowest BCUT2D eigenvalue weighted by molar-refractivity contribution is -0.122. The Hall–Kier alpha value is -2.05. The second-order valence-corrected chi connectivity index (χ2v) is 6.65. The zero-order valence-electron chi connectivity index (χ0n) is 13.5. The van der Waals surface area contributed by atoms with E-state index < -0.39 is 11.6 Å². The lowest BCUT2D eigenvalue weighted by Crippen LogP contribution is -2.29. The maximum atomic E-state index is 13.2. The van der Waals surface area contributed by atoms with Gasteiger partial charge in [0, 0.05) is 36.2 Å². The van der Waals surface area contributed by atoms with Crippen LogP contribution in [0.5, 0.6) is 17.2 Å². The molecule has 0 aromatic heterocycles. The van der Waals surface area contributed by atoms with E-state index in [-0.39, 0.29) is 40.0 Å². The van der Waals surface area contributed by atoms with E-state index in [2.05, 4.69) is 5.32 Å². The van der Waals surface area contributed by atoms with E-state index in [0.29, 0.717) is 12.3 Å². The molecule has 2 aromatic rings. The fourth-order valence-corrected chi connectivity index (χ4v) is 2.64. The van der Waals surface area contributed by atoms with Crippen LogP contribution in [-0.2, 0) is 4.79 Å². The van der Waals surface area contributed by atoms with Gasteiger partial charge in [-0.2, -0.15) is 0 Å². The number of carbonyl (C=O) groups excluding carboxylic acids is 1. The molecule has 0 unspecified atom stereocenters. The van der Waals surface area contributed by atoms with Gasteiger partial charge in [0.25, 0.3) is 0 Å². The van der Waals surface area contributed by atoms with Crippen molar-refractivity contribution in [3.63, 3.8) is 0 Å². The third-order valence-electron chi connectivity index (χ3n) is 3.66. The van der Waals surface area contributed by atoms with Gasteiger partial charge in [-0.15, -0.1) is 0 Å². The van der Waals surface area contributed by atoms with E-state index in [0.717, 1.165) is 31.0 Å². The Kier molecular flexibility index (Phi) is 5.84. The summed E-state index contributed by atoms with van der Waals surface area (Å²) in [7, 11) is 0. The van der Waals surface area contributed by atoms with Gasteiger partial charge in [-0.3, -0.25) is 4.79 Å². The molecule has 1 fully saturated rings. The largest absolute Gasteiger partial charge is 0.490 e. The summed E-state index contributed by atoms with van der Waals surface area (Å²) in [5, 5.41) is 3.15. The molecular formula is C18H15Cl2F2NO3. The van der Waals surface area contributed by atoms with Crippen molar-refractivity contribution in [2.24, 2.45) is 5.92 Å². The molecule has 0 bridgehead atoms. The van der Waals surface area contributed by atoms with Gasteiger partial charge in [0.2, 0.25) is 5.91 Å². The predicted molar refractivity (Wildman–Crippen MR) is 94.1 cm³/mol. The van der Waals surface area contributed by atoms with Crippen LogP contribution in [0, 0.1) is 17.6 Å². The fraction of sp³-hybridized carbons (Fsp3) is 0.278. The second-order valence-electron chi connectivity index (χ2n) is 5.83. The van der Waals surface area contributed by atoms with Crippen molar-refractivity contribution >= 4 is 29.1 Å². The van der Waals surface area contributed by atoms with Crippen molar-refractivity contribution in [1.29, 1.82) is 0 Å². The molecule has 0 radical (unpaired) electrons. The van der Waals surface area contributed by atoms with Crippen LogP contribution in [0.1, 0.15) is 12.8 Å². The van der Waals surface area contributed by atoms with Gasteiger partial charge in [0.15, 0.2) is 0 Å². The van der Waals surface area contributed by atoms with Crippen molar-refractivity contribution in [1.82, 2.24) is 5.32 Å². The first-order valence-corrected chi connectivity index (χ1v) is 8.71. The van der Waals surface area contributed by atoms with Crippen LogP contribution >= 0.6 is 23.2 Å². The molecular weight excluding hydrogens is 387 g/mol. The first kappa shape index (κ1) is 18.7. The van der Waals surface area contributed by atoms with Gasteiger partial charge in [-0.05, 0) is 12.8 Å². The fourth-order valence-electron chi connectivity index (χ4n) is 2.24. The molecule has 1 aliphatic carbocycles. The molecule has 0 saturated heterocycles. The van der Waals surface area contributed by atoms with Crippen LogP contribution in [0.4, 0.5) is 8.78 Å². The standard InChI is InChI=1S/C18H15Cl2F2NO3/c19-14-9-17(26-13-6-11(21)5-12(22)7-13)15(20)8-16(14)25-4-3-23-18(24)10-1-2-10/h5-10H,1-4H2,(H,23,24). The highest BCUT2D eigenvalue weighted by Crippen LogP contribution is 2.38. The molecule has 3 rings (SSSR count). The smallest absolute Gasteiger partial charge is 0.223 e. The number of halogens is 4. The number of hydrogen-bond donors (Lipinski definition) is 1. The number of benzene rings is 2. The van der Waals surface area contributed by atoms with Gasteiger partial charge in [0.05, 0.1) is 16.6 Å². The summed E-state index contributed by atoms with van der Waals surface area (Å²) in [5.74, 6) is -0.963. The average molecular weight is 402 g/mol. The Balaban J connectivity index is 1.60. The number of nitrogens with one attached hydrogen (secondary N) is 1. The summed E-state index contributed by atoms with van der Waals surface area (Å²) in [6, 6.07) is 5.63. The van der Waals surface area contributed by atoms with Crippen LogP contribution in [-0.4, -0.2) is 19.1 Å². The Morgan fingerprint density at radius 2 is 1.65 bits per heavy atom. The van der Waals surface area contributed by atoms with Crippen molar-refractivity contribution in [3.8, 4) is 17.2 Å². The third kappa shape index (κ3) is 4.99. The van der Waals surface area contributed by atoms with Gasteiger partial charge < -0.3 is 14.8 Å². The molecule has 26 heavy (non-hydrogen) atoms. The number of rotatable bonds is 7. The third-order valence-corrected chi connectivity index (χ3v) is 4.25. The Morgan fingerprint density at radius 3 is 2.31 bits per heavy atom. The molecule has 1 N–H and O–H groups in total. The molecule has 4 nitrogen and oxygen atoms in total. The van der Waals surface area contributed by atoms with E-state index in [1.54, 1.807) is 0 Å². The highest BCUT2D eigenvalue weighted by molar-refractivity contribution is 6.35. The number of amides is 1. The topological polar surface area (TPSA) is 47.6 Å². The molecule has 1 saturated carbocycles. The van der Waals surface area contributed by atoms with Gasteiger partial charge >= 0.3 is 0 Å². The van der Waals surface area contributed by atoms with Gasteiger partial charge in [-0.1, -0.05) is 23.2 Å². The minimum atomic E-state index is -0.768. The highest BCUT2D eigenvalue weighted by Gasteiger charge is 2.29. The van der Waals surface area contributed by atoms with Crippen LogP contribution in [0.3, 0.4) is 0 Å². The van der Waals surface area contributed by atoms with E-state index in [1.165, 1.54) is 12.1 Å². The molecule has 1 amide bonds. The van der Waals surface area contributed by atoms with Crippen molar-refractivity contribution in [2.75, 3.05) is 13.2 Å². The lowest BCUT2D eigenvalue weighted by atomic mass is 10.3. The van der Waals surface area contributed by atoms with Crippen LogP contribution in [0.25, 0.3) is 0 Å². The first-order valence-electron chi connectivity index (χ1n) is 7.96. The van der Waals surface area contributed by atoms with E-state index in [4.69, 9.17) is 32.7 Å². The summed E-state index contributed by atoms with van der Waals surface area (Å²) in [4.78, 5) is 11.5. The maximum Gasteiger partial charge on any atom is 0.223 e. The summed E-state index contributed by atoms with van der Waals surface area (Å²) in [5.41, 5.74) is 0. The SMILES string of the molecule is O=C(NCCOc1cc(Cl)c(Oc2cc(F)cc(F)c2)cc1Cl)C1CC1. The monoisotopic (exact) mass is 401 g/mol. The summed E-state index contributed by atoms with van der Waals surface area (Å²) >= 11 is 12.3. The minimum absolute atomic E-state index is 0.0313. The van der Waals surface area contributed by atoms with Crippen LogP contribution in [0.15, 0.2) is 30.3 Å². The van der Waals surface area contributed by atoms with E-state index in [9.17, 15) is 13.6 Å². The highest BCUT2D eigenvalue weighted by atomic mass is 35.5. The summed E-state index contributed by atoms with van der Waals surface area (Å²) in [6.45, 7) is 0.577. The van der Waals surface area contributed by atoms with Crippen molar-refractivity contribution < 1.29 is 23.0 Å². The molecule has 2 aromatic carbocycles. The average Bonchev–Trinajstić information content (AvgIpc) is 3.39. The Bertz CT molecular complexity index is 808.